The summed E-state index contributed by atoms with van der Waals surface area (Å²) in [7, 11) is 0. The minimum atomic E-state index is -0.942. The van der Waals surface area contributed by atoms with Crippen molar-refractivity contribution < 1.29 is 9.90 Å². The quantitative estimate of drug-likeness (QED) is 0.817. The molecule has 1 saturated carbocycles. The van der Waals surface area contributed by atoms with Crippen LogP contribution in [0.4, 0.5) is 0 Å². The highest BCUT2D eigenvalue weighted by molar-refractivity contribution is 6.31. The summed E-state index contributed by atoms with van der Waals surface area (Å²) in [5.41, 5.74) is 2.05. The largest absolute Gasteiger partial charge is 0.478 e. The van der Waals surface area contributed by atoms with E-state index in [1.54, 1.807) is 6.08 Å². The van der Waals surface area contributed by atoms with E-state index in [9.17, 15) is 4.79 Å². The maximum Gasteiger partial charge on any atom is 0.328 e. The summed E-state index contributed by atoms with van der Waals surface area (Å²) in [5.74, 6) is -0.369. The zero-order chi connectivity index (χ0) is 13.0. The Kier molecular flexibility index (Phi) is 4.43. The lowest BCUT2D eigenvalue weighted by Gasteiger charge is -2.23. The van der Waals surface area contributed by atoms with E-state index in [0.717, 1.165) is 16.7 Å². The van der Waals surface area contributed by atoms with Gasteiger partial charge in [0, 0.05) is 11.1 Å². The number of hydrogen-bond donors (Lipinski definition) is 1. The number of carboxylic acids is 1. The molecule has 0 bridgehead atoms. The van der Waals surface area contributed by atoms with E-state index in [1.165, 1.54) is 37.7 Å². The molecule has 18 heavy (non-hydrogen) atoms. The van der Waals surface area contributed by atoms with Crippen LogP contribution in [0, 0.1) is 0 Å². The highest BCUT2D eigenvalue weighted by atomic mass is 35.5. The van der Waals surface area contributed by atoms with E-state index in [1.807, 2.05) is 18.2 Å². The Morgan fingerprint density at radius 2 is 2.00 bits per heavy atom. The summed E-state index contributed by atoms with van der Waals surface area (Å²) in [5, 5.41) is 9.34. The van der Waals surface area contributed by atoms with Gasteiger partial charge in [0.15, 0.2) is 0 Å². The number of hydrogen-bond acceptors (Lipinski definition) is 1. The van der Waals surface area contributed by atoms with Crippen LogP contribution in [0.1, 0.15) is 49.1 Å². The fourth-order valence-electron chi connectivity index (χ4n) is 2.56. The molecular weight excluding hydrogens is 248 g/mol. The van der Waals surface area contributed by atoms with Crippen molar-refractivity contribution in [3.8, 4) is 0 Å². The molecule has 2 nitrogen and oxygen atoms in total. The SMILES string of the molecule is O=C(O)/C=C/c1ccc(C2CCCCC2)c(Cl)c1. The summed E-state index contributed by atoms with van der Waals surface area (Å²) in [4.78, 5) is 10.5. The van der Waals surface area contributed by atoms with E-state index in [-0.39, 0.29) is 0 Å². The number of benzene rings is 1. The number of rotatable bonds is 3. The van der Waals surface area contributed by atoms with Gasteiger partial charge in [-0.1, -0.05) is 43.0 Å². The second kappa shape index (κ2) is 6.05. The predicted octanol–water partition coefficient (Wildman–Crippen LogP) is 4.49. The van der Waals surface area contributed by atoms with Crippen LogP contribution in [0.15, 0.2) is 24.3 Å². The zero-order valence-corrected chi connectivity index (χ0v) is 11.0. The van der Waals surface area contributed by atoms with Crippen molar-refractivity contribution in [2.45, 2.75) is 38.0 Å². The summed E-state index contributed by atoms with van der Waals surface area (Å²) < 4.78 is 0. The smallest absolute Gasteiger partial charge is 0.328 e. The molecule has 0 unspecified atom stereocenters. The van der Waals surface area contributed by atoms with Crippen LogP contribution in [0.3, 0.4) is 0 Å². The molecule has 0 amide bonds. The number of carboxylic acid groups (broad SMARTS) is 1. The van der Waals surface area contributed by atoms with Crippen molar-refractivity contribution in [1.82, 2.24) is 0 Å². The molecule has 96 valence electrons. The molecule has 0 radical (unpaired) electrons. The molecule has 0 atom stereocenters. The summed E-state index contributed by atoms with van der Waals surface area (Å²) in [6.07, 6.45) is 9.01. The highest BCUT2D eigenvalue weighted by Gasteiger charge is 2.17. The third kappa shape index (κ3) is 3.36. The Bertz CT molecular complexity index is 460. The van der Waals surface area contributed by atoms with Crippen LogP contribution in [0.25, 0.3) is 6.08 Å². The highest BCUT2D eigenvalue weighted by Crippen LogP contribution is 2.36. The molecule has 0 aromatic heterocycles. The van der Waals surface area contributed by atoms with Gasteiger partial charge in [-0.05, 0) is 42.0 Å². The predicted molar refractivity (Wildman–Crippen MR) is 73.9 cm³/mol. The van der Waals surface area contributed by atoms with Crippen LogP contribution in [-0.2, 0) is 4.79 Å². The maximum atomic E-state index is 10.5. The fourth-order valence-corrected chi connectivity index (χ4v) is 2.90. The van der Waals surface area contributed by atoms with Gasteiger partial charge in [-0.25, -0.2) is 4.79 Å². The van der Waals surface area contributed by atoms with Crippen LogP contribution in [0.5, 0.6) is 0 Å². The number of carbonyl (C=O) groups is 1. The second-order valence-electron chi connectivity index (χ2n) is 4.79. The van der Waals surface area contributed by atoms with Gasteiger partial charge in [0.25, 0.3) is 0 Å². The first-order chi connectivity index (χ1) is 8.66. The molecule has 1 N–H and O–H groups in total. The van der Waals surface area contributed by atoms with Gasteiger partial charge in [-0.15, -0.1) is 0 Å². The normalized spacial score (nSPS) is 17.2. The van der Waals surface area contributed by atoms with Crippen LogP contribution in [-0.4, -0.2) is 11.1 Å². The summed E-state index contributed by atoms with van der Waals surface area (Å²) in [6, 6.07) is 5.83. The Balaban J connectivity index is 2.16. The summed E-state index contributed by atoms with van der Waals surface area (Å²) in [6.45, 7) is 0. The van der Waals surface area contributed by atoms with Crippen LogP contribution < -0.4 is 0 Å². The van der Waals surface area contributed by atoms with Gasteiger partial charge < -0.3 is 5.11 Å². The van der Waals surface area contributed by atoms with Crippen molar-refractivity contribution in [2.24, 2.45) is 0 Å². The Labute approximate surface area is 112 Å². The molecule has 1 fully saturated rings. The first-order valence-corrected chi connectivity index (χ1v) is 6.75. The lowest BCUT2D eigenvalue weighted by molar-refractivity contribution is -0.131. The Morgan fingerprint density at radius 3 is 2.61 bits per heavy atom. The van der Waals surface area contributed by atoms with Gasteiger partial charge in [0.05, 0.1) is 0 Å². The van der Waals surface area contributed by atoms with E-state index in [4.69, 9.17) is 16.7 Å². The van der Waals surface area contributed by atoms with Gasteiger partial charge in [-0.3, -0.25) is 0 Å². The third-order valence-electron chi connectivity index (χ3n) is 3.49. The van der Waals surface area contributed by atoms with Crippen molar-refractivity contribution in [2.75, 3.05) is 0 Å². The van der Waals surface area contributed by atoms with Crippen molar-refractivity contribution in [1.29, 1.82) is 0 Å². The standard InChI is InChI=1S/C15H17ClO2/c16-14-10-11(7-9-15(17)18)6-8-13(14)12-4-2-1-3-5-12/h6-10,12H,1-5H2,(H,17,18)/b9-7+. The molecule has 0 spiro atoms. The van der Waals surface area contributed by atoms with Gasteiger partial charge in [-0.2, -0.15) is 0 Å². The third-order valence-corrected chi connectivity index (χ3v) is 3.82. The number of aliphatic carboxylic acids is 1. The molecule has 0 aliphatic heterocycles. The number of halogens is 1. The Morgan fingerprint density at radius 1 is 1.28 bits per heavy atom. The minimum Gasteiger partial charge on any atom is -0.478 e. The molecule has 3 heteroatoms. The molecule has 1 aromatic carbocycles. The average Bonchev–Trinajstić information content (AvgIpc) is 2.37. The summed E-state index contributed by atoms with van der Waals surface area (Å²) >= 11 is 6.30. The maximum absolute atomic E-state index is 10.5. The van der Waals surface area contributed by atoms with Gasteiger partial charge >= 0.3 is 5.97 Å². The second-order valence-corrected chi connectivity index (χ2v) is 5.19. The lowest BCUT2D eigenvalue weighted by Crippen LogP contribution is -2.05. The van der Waals surface area contributed by atoms with Gasteiger partial charge in [0.2, 0.25) is 0 Å². The molecule has 1 aliphatic carbocycles. The zero-order valence-electron chi connectivity index (χ0n) is 10.2. The van der Waals surface area contributed by atoms with Crippen LogP contribution in [0.2, 0.25) is 5.02 Å². The van der Waals surface area contributed by atoms with Crippen molar-refractivity contribution in [3.05, 3.63) is 40.4 Å². The van der Waals surface area contributed by atoms with Crippen molar-refractivity contribution >= 4 is 23.6 Å². The lowest BCUT2D eigenvalue weighted by atomic mass is 9.84. The average molecular weight is 265 g/mol. The fraction of sp³-hybridized carbons (Fsp3) is 0.400. The minimum absolute atomic E-state index is 0.573. The molecule has 1 aromatic rings. The Hall–Kier alpha value is -1.28. The van der Waals surface area contributed by atoms with E-state index >= 15 is 0 Å². The molecule has 1 aliphatic rings. The monoisotopic (exact) mass is 264 g/mol. The van der Waals surface area contributed by atoms with E-state index in [0.29, 0.717) is 5.92 Å². The first-order valence-electron chi connectivity index (χ1n) is 6.37. The first kappa shape index (κ1) is 13.2. The molecule has 0 heterocycles. The van der Waals surface area contributed by atoms with Crippen LogP contribution >= 0.6 is 11.6 Å². The van der Waals surface area contributed by atoms with Crippen molar-refractivity contribution in [3.63, 3.8) is 0 Å². The molecular formula is C15H17ClO2. The van der Waals surface area contributed by atoms with E-state index < -0.39 is 5.97 Å². The van der Waals surface area contributed by atoms with Gasteiger partial charge in [0.1, 0.15) is 0 Å². The van der Waals surface area contributed by atoms with E-state index in [2.05, 4.69) is 0 Å². The molecule has 0 saturated heterocycles. The molecule has 2 rings (SSSR count). The topological polar surface area (TPSA) is 37.3 Å².